The molecule has 0 atom stereocenters. The molecule has 5 heteroatoms. The maximum Gasteiger partial charge on any atom is 0.256 e. The molecular weight excluding hydrogens is 323 g/mol. The average Bonchev–Trinajstić information content (AvgIpc) is 2.45. The predicted octanol–water partition coefficient (Wildman–Crippen LogP) is 3.05. The first-order chi connectivity index (χ1) is 9.61. The molecule has 1 aliphatic heterocycles. The summed E-state index contributed by atoms with van der Waals surface area (Å²) in [6.07, 6.45) is 2.15. The van der Waals surface area contributed by atoms with Crippen molar-refractivity contribution in [1.82, 2.24) is 10.2 Å². The predicted molar refractivity (Wildman–Crippen MR) is 81.3 cm³/mol. The topological polar surface area (TPSA) is 32.3 Å². The number of carbonyl (C=O) groups excluding carboxylic acids is 1. The zero-order valence-corrected chi connectivity index (χ0v) is 13.2. The molecule has 0 saturated carbocycles. The summed E-state index contributed by atoms with van der Waals surface area (Å²) in [4.78, 5) is 14.2. The van der Waals surface area contributed by atoms with E-state index >= 15 is 0 Å². The van der Waals surface area contributed by atoms with Crippen LogP contribution in [0.25, 0.3) is 0 Å². The monoisotopic (exact) mass is 342 g/mol. The summed E-state index contributed by atoms with van der Waals surface area (Å²) in [6, 6.07) is 4.59. The van der Waals surface area contributed by atoms with Crippen LogP contribution in [0.15, 0.2) is 22.7 Å². The number of nitrogens with one attached hydrogen (secondary N) is 1. The highest BCUT2D eigenvalue weighted by atomic mass is 79.9. The normalized spacial score (nSPS) is 16.1. The quantitative estimate of drug-likeness (QED) is 0.911. The van der Waals surface area contributed by atoms with Crippen molar-refractivity contribution in [3.8, 4) is 0 Å². The van der Waals surface area contributed by atoms with Crippen LogP contribution in [0.3, 0.4) is 0 Å². The van der Waals surface area contributed by atoms with E-state index in [1.165, 1.54) is 6.07 Å². The van der Waals surface area contributed by atoms with Crippen LogP contribution < -0.4 is 5.32 Å². The number of amides is 1. The highest BCUT2D eigenvalue weighted by Gasteiger charge is 2.22. The van der Waals surface area contributed by atoms with E-state index in [-0.39, 0.29) is 11.5 Å². The number of benzene rings is 1. The second-order valence-corrected chi connectivity index (χ2v) is 6.08. The first-order valence-electron chi connectivity index (χ1n) is 7.07. The van der Waals surface area contributed by atoms with E-state index in [9.17, 15) is 9.18 Å². The Morgan fingerprint density at radius 1 is 1.45 bits per heavy atom. The number of halogens is 2. The number of rotatable bonds is 4. The summed E-state index contributed by atoms with van der Waals surface area (Å²) >= 11 is 3.21. The second-order valence-electron chi connectivity index (χ2n) is 5.16. The molecule has 0 spiro atoms. The van der Waals surface area contributed by atoms with Crippen LogP contribution in [-0.4, -0.2) is 37.0 Å². The zero-order valence-electron chi connectivity index (χ0n) is 11.7. The third kappa shape index (κ3) is 3.79. The number of piperidine rings is 1. The lowest BCUT2D eigenvalue weighted by atomic mass is 9.97. The summed E-state index contributed by atoms with van der Waals surface area (Å²) < 4.78 is 14.5. The van der Waals surface area contributed by atoms with Crippen LogP contribution in [0.5, 0.6) is 0 Å². The molecule has 0 aromatic heterocycles. The fourth-order valence-electron chi connectivity index (χ4n) is 2.56. The Morgan fingerprint density at radius 3 is 2.75 bits per heavy atom. The maximum atomic E-state index is 13.9. The third-order valence-electron chi connectivity index (χ3n) is 3.77. The molecule has 1 N–H and O–H groups in total. The van der Waals surface area contributed by atoms with Crippen LogP contribution in [-0.2, 0) is 0 Å². The fraction of sp³-hybridized carbons (Fsp3) is 0.533. The van der Waals surface area contributed by atoms with Gasteiger partial charge in [0.2, 0.25) is 0 Å². The third-order valence-corrected chi connectivity index (χ3v) is 4.26. The molecular formula is C15H20BrFN2O. The number of carbonyl (C=O) groups is 1. The molecule has 1 saturated heterocycles. The molecule has 0 radical (unpaired) electrons. The van der Waals surface area contributed by atoms with Gasteiger partial charge in [0, 0.05) is 17.6 Å². The van der Waals surface area contributed by atoms with E-state index in [0.717, 1.165) is 25.9 Å². The van der Waals surface area contributed by atoms with Crippen LogP contribution in [0.2, 0.25) is 0 Å². The summed E-state index contributed by atoms with van der Waals surface area (Å²) in [5.41, 5.74) is 0.156. The molecule has 3 nitrogen and oxygen atoms in total. The highest BCUT2D eigenvalue weighted by Crippen LogP contribution is 2.19. The van der Waals surface area contributed by atoms with Crippen molar-refractivity contribution in [3.63, 3.8) is 0 Å². The van der Waals surface area contributed by atoms with E-state index in [2.05, 4.69) is 21.2 Å². The SMILES string of the molecule is CCN(CC1CCNCC1)C(=O)c1ccc(Br)cc1F. The molecule has 0 unspecified atom stereocenters. The molecule has 110 valence electrons. The molecule has 2 rings (SSSR count). The Labute approximate surface area is 127 Å². The molecule has 1 aromatic carbocycles. The molecule has 20 heavy (non-hydrogen) atoms. The van der Waals surface area contributed by atoms with E-state index in [0.29, 0.717) is 23.5 Å². The molecule has 0 aliphatic carbocycles. The molecule has 1 fully saturated rings. The summed E-state index contributed by atoms with van der Waals surface area (Å²) in [5, 5.41) is 3.31. The van der Waals surface area contributed by atoms with Crippen molar-refractivity contribution in [2.45, 2.75) is 19.8 Å². The van der Waals surface area contributed by atoms with Gasteiger partial charge in [0.15, 0.2) is 0 Å². The van der Waals surface area contributed by atoms with Crippen molar-refractivity contribution in [1.29, 1.82) is 0 Å². The van der Waals surface area contributed by atoms with E-state index < -0.39 is 5.82 Å². The van der Waals surface area contributed by atoms with Crippen molar-refractivity contribution >= 4 is 21.8 Å². The van der Waals surface area contributed by atoms with Crippen molar-refractivity contribution in [2.24, 2.45) is 5.92 Å². The number of hydrogen-bond donors (Lipinski definition) is 1. The molecule has 0 bridgehead atoms. The van der Waals surface area contributed by atoms with Crippen LogP contribution in [0.1, 0.15) is 30.1 Å². The Bertz CT molecular complexity index is 475. The molecule has 1 aliphatic rings. The number of nitrogens with zero attached hydrogens (tertiary/aromatic N) is 1. The minimum atomic E-state index is -0.465. The van der Waals surface area contributed by atoms with Crippen molar-refractivity contribution in [2.75, 3.05) is 26.2 Å². The van der Waals surface area contributed by atoms with Gasteiger partial charge in [0.1, 0.15) is 5.82 Å². The van der Waals surface area contributed by atoms with Crippen LogP contribution >= 0.6 is 15.9 Å². The lowest BCUT2D eigenvalue weighted by Gasteiger charge is -2.29. The van der Waals surface area contributed by atoms with Gasteiger partial charge in [0.05, 0.1) is 5.56 Å². The Kier molecular flexibility index (Phi) is 5.54. The molecule has 1 heterocycles. The van der Waals surface area contributed by atoms with Gasteiger partial charge >= 0.3 is 0 Å². The van der Waals surface area contributed by atoms with Gasteiger partial charge in [0.25, 0.3) is 5.91 Å². The minimum absolute atomic E-state index is 0.156. The van der Waals surface area contributed by atoms with E-state index in [4.69, 9.17) is 0 Å². The first-order valence-corrected chi connectivity index (χ1v) is 7.86. The van der Waals surface area contributed by atoms with Crippen LogP contribution in [0, 0.1) is 11.7 Å². The van der Waals surface area contributed by atoms with Crippen molar-refractivity contribution < 1.29 is 9.18 Å². The van der Waals surface area contributed by atoms with Crippen LogP contribution in [0.4, 0.5) is 4.39 Å². The van der Waals surface area contributed by atoms with Gasteiger partial charge < -0.3 is 10.2 Å². The fourth-order valence-corrected chi connectivity index (χ4v) is 2.90. The van der Waals surface area contributed by atoms with E-state index in [1.807, 2.05) is 6.92 Å². The Morgan fingerprint density at radius 2 is 2.15 bits per heavy atom. The summed E-state index contributed by atoms with van der Waals surface area (Å²) in [6.45, 7) is 5.27. The average molecular weight is 343 g/mol. The molecule has 1 aromatic rings. The smallest absolute Gasteiger partial charge is 0.256 e. The Balaban J connectivity index is 2.07. The van der Waals surface area contributed by atoms with Gasteiger partial charge in [-0.25, -0.2) is 4.39 Å². The minimum Gasteiger partial charge on any atom is -0.339 e. The largest absolute Gasteiger partial charge is 0.339 e. The lowest BCUT2D eigenvalue weighted by Crippen LogP contribution is -2.39. The van der Waals surface area contributed by atoms with Gasteiger partial charge in [-0.2, -0.15) is 0 Å². The summed E-state index contributed by atoms with van der Waals surface area (Å²) in [5.74, 6) is -0.164. The highest BCUT2D eigenvalue weighted by molar-refractivity contribution is 9.10. The van der Waals surface area contributed by atoms with E-state index in [1.54, 1.807) is 17.0 Å². The standard InChI is InChI=1S/C15H20BrFN2O/c1-2-19(10-11-5-7-18-8-6-11)15(20)13-4-3-12(16)9-14(13)17/h3-4,9,11,18H,2,5-8,10H2,1H3. The molecule has 1 amide bonds. The van der Waals surface area contributed by atoms with Gasteiger partial charge in [-0.15, -0.1) is 0 Å². The number of hydrogen-bond acceptors (Lipinski definition) is 2. The van der Waals surface area contributed by atoms with Gasteiger partial charge in [-0.05, 0) is 57.0 Å². The van der Waals surface area contributed by atoms with Gasteiger partial charge in [-0.1, -0.05) is 15.9 Å². The van der Waals surface area contributed by atoms with Crippen molar-refractivity contribution in [3.05, 3.63) is 34.1 Å². The Hall–Kier alpha value is -0.940. The summed E-state index contributed by atoms with van der Waals surface area (Å²) in [7, 11) is 0. The second kappa shape index (κ2) is 7.18. The zero-order chi connectivity index (χ0) is 14.5. The lowest BCUT2D eigenvalue weighted by molar-refractivity contribution is 0.0722. The van der Waals surface area contributed by atoms with Gasteiger partial charge in [-0.3, -0.25) is 4.79 Å². The first kappa shape index (κ1) is 15.4. The maximum absolute atomic E-state index is 13.9.